The number of aryl methyl sites for hydroxylation is 3. The monoisotopic (exact) mass is 258 g/mol. The molecule has 2 bridgehead atoms. The van der Waals surface area contributed by atoms with Gasteiger partial charge in [0.1, 0.15) is 6.10 Å². The van der Waals surface area contributed by atoms with Crippen molar-refractivity contribution >= 4 is 5.97 Å². The lowest BCUT2D eigenvalue weighted by Crippen LogP contribution is -2.25. The van der Waals surface area contributed by atoms with E-state index >= 15 is 0 Å². The van der Waals surface area contributed by atoms with E-state index in [0.29, 0.717) is 5.92 Å². The molecule has 3 rings (SSSR count). The predicted molar refractivity (Wildman–Crippen MR) is 75.3 cm³/mol. The number of hydrogen-bond donors (Lipinski definition) is 0. The molecule has 0 aromatic heterocycles. The Balaban J connectivity index is 1.77. The minimum Gasteiger partial charge on any atom is -0.458 e. The Kier molecular flexibility index (Phi) is 3.12. The van der Waals surface area contributed by atoms with E-state index in [1.54, 1.807) is 0 Å². The Bertz CT molecular complexity index is 495. The first-order valence-electron chi connectivity index (χ1n) is 7.33. The second-order valence-electron chi connectivity index (χ2n) is 6.39. The van der Waals surface area contributed by atoms with Gasteiger partial charge in [-0.25, -0.2) is 4.79 Å². The van der Waals surface area contributed by atoms with Crippen molar-refractivity contribution < 1.29 is 9.53 Å². The molecule has 0 radical (unpaired) electrons. The standard InChI is InChI=1S/C17H22O2/c1-10-6-11(2)16(12(3)7-10)17(18)19-15-9-13-4-5-14(15)8-13/h6-7,13-15H,4-5,8-9H2,1-3H3/t13-,14+,15+/m1/s1. The van der Waals surface area contributed by atoms with Crippen molar-refractivity contribution in [3.63, 3.8) is 0 Å². The van der Waals surface area contributed by atoms with Gasteiger partial charge in [-0.2, -0.15) is 0 Å². The number of ether oxygens (including phenoxy) is 1. The van der Waals surface area contributed by atoms with Crippen LogP contribution < -0.4 is 0 Å². The van der Waals surface area contributed by atoms with Crippen molar-refractivity contribution in [2.75, 3.05) is 0 Å². The average Bonchev–Trinajstić information content (AvgIpc) is 2.89. The van der Waals surface area contributed by atoms with Crippen molar-refractivity contribution in [2.45, 2.75) is 52.6 Å². The number of fused-ring (bicyclic) bond motifs is 2. The van der Waals surface area contributed by atoms with E-state index in [-0.39, 0.29) is 12.1 Å². The molecule has 2 heteroatoms. The maximum atomic E-state index is 12.4. The molecule has 0 heterocycles. The molecule has 2 saturated carbocycles. The zero-order valence-corrected chi connectivity index (χ0v) is 12.0. The fourth-order valence-electron chi connectivity index (χ4n) is 4.03. The molecule has 3 atom stereocenters. The molecule has 0 unspecified atom stereocenters. The Morgan fingerprint density at radius 3 is 2.32 bits per heavy atom. The average molecular weight is 258 g/mol. The first kappa shape index (κ1) is 12.7. The predicted octanol–water partition coefficient (Wildman–Crippen LogP) is 3.96. The van der Waals surface area contributed by atoms with Gasteiger partial charge in [0.2, 0.25) is 0 Å². The minimum absolute atomic E-state index is 0.118. The van der Waals surface area contributed by atoms with Gasteiger partial charge >= 0.3 is 5.97 Å². The third kappa shape index (κ3) is 2.29. The second kappa shape index (κ2) is 4.66. The summed E-state index contributed by atoms with van der Waals surface area (Å²) in [5, 5.41) is 0. The number of carbonyl (C=O) groups excluding carboxylic acids is 1. The van der Waals surface area contributed by atoms with E-state index < -0.39 is 0 Å². The number of carbonyl (C=O) groups is 1. The van der Waals surface area contributed by atoms with Gasteiger partial charge in [0, 0.05) is 0 Å². The van der Waals surface area contributed by atoms with Crippen LogP contribution in [0, 0.1) is 32.6 Å². The van der Waals surface area contributed by atoms with E-state index in [1.807, 2.05) is 13.8 Å². The lowest BCUT2D eigenvalue weighted by molar-refractivity contribution is 0.0157. The summed E-state index contributed by atoms with van der Waals surface area (Å²) in [4.78, 5) is 12.4. The minimum atomic E-state index is -0.118. The summed E-state index contributed by atoms with van der Waals surface area (Å²) in [6.07, 6.45) is 5.10. The molecule has 0 spiro atoms. The smallest absolute Gasteiger partial charge is 0.338 e. The molecule has 19 heavy (non-hydrogen) atoms. The largest absolute Gasteiger partial charge is 0.458 e. The van der Waals surface area contributed by atoms with E-state index in [9.17, 15) is 4.79 Å². The zero-order valence-electron chi connectivity index (χ0n) is 12.0. The normalized spacial score (nSPS) is 28.7. The first-order chi connectivity index (χ1) is 9.04. The Labute approximate surface area is 115 Å². The van der Waals surface area contributed by atoms with Crippen LogP contribution in [0.2, 0.25) is 0 Å². The molecule has 1 aromatic rings. The van der Waals surface area contributed by atoms with Crippen LogP contribution in [-0.4, -0.2) is 12.1 Å². The highest BCUT2D eigenvalue weighted by molar-refractivity contribution is 5.93. The van der Waals surface area contributed by atoms with Crippen LogP contribution in [0.1, 0.15) is 52.7 Å². The Hall–Kier alpha value is -1.31. The maximum absolute atomic E-state index is 12.4. The van der Waals surface area contributed by atoms with Crippen LogP contribution in [-0.2, 0) is 4.74 Å². The van der Waals surface area contributed by atoms with Crippen LogP contribution in [0.4, 0.5) is 0 Å². The molecule has 102 valence electrons. The molecule has 1 aromatic carbocycles. The number of benzene rings is 1. The van der Waals surface area contributed by atoms with Gasteiger partial charge in [-0.1, -0.05) is 17.7 Å². The fraction of sp³-hybridized carbons (Fsp3) is 0.588. The molecule has 0 aliphatic heterocycles. The molecular formula is C17H22O2. The van der Waals surface area contributed by atoms with E-state index in [2.05, 4.69) is 19.1 Å². The zero-order chi connectivity index (χ0) is 13.6. The Morgan fingerprint density at radius 1 is 1.11 bits per heavy atom. The molecular weight excluding hydrogens is 236 g/mol. The van der Waals surface area contributed by atoms with Gasteiger partial charge in [0.25, 0.3) is 0 Å². The van der Waals surface area contributed by atoms with Crippen molar-refractivity contribution in [1.29, 1.82) is 0 Å². The lowest BCUT2D eigenvalue weighted by Gasteiger charge is -2.23. The summed E-state index contributed by atoms with van der Waals surface area (Å²) in [6, 6.07) is 4.12. The molecule has 2 aliphatic carbocycles. The van der Waals surface area contributed by atoms with Gasteiger partial charge < -0.3 is 4.74 Å². The van der Waals surface area contributed by atoms with Crippen molar-refractivity contribution in [2.24, 2.45) is 11.8 Å². The molecule has 2 nitrogen and oxygen atoms in total. The van der Waals surface area contributed by atoms with Crippen LogP contribution in [0.25, 0.3) is 0 Å². The van der Waals surface area contributed by atoms with Gasteiger partial charge in [-0.15, -0.1) is 0 Å². The third-order valence-electron chi connectivity index (χ3n) is 4.81. The second-order valence-corrected chi connectivity index (χ2v) is 6.39. The van der Waals surface area contributed by atoms with Gasteiger partial charge in [-0.3, -0.25) is 0 Å². The number of hydrogen-bond acceptors (Lipinski definition) is 2. The fourth-order valence-corrected chi connectivity index (χ4v) is 4.03. The molecule has 2 fully saturated rings. The van der Waals surface area contributed by atoms with Crippen molar-refractivity contribution in [1.82, 2.24) is 0 Å². The summed E-state index contributed by atoms with van der Waals surface area (Å²) in [5.41, 5.74) is 4.04. The van der Waals surface area contributed by atoms with Crippen molar-refractivity contribution in [3.8, 4) is 0 Å². The van der Waals surface area contributed by atoms with E-state index in [4.69, 9.17) is 4.74 Å². The topological polar surface area (TPSA) is 26.3 Å². The first-order valence-corrected chi connectivity index (χ1v) is 7.33. The number of esters is 1. The van der Waals surface area contributed by atoms with Crippen LogP contribution >= 0.6 is 0 Å². The highest BCUT2D eigenvalue weighted by atomic mass is 16.5. The SMILES string of the molecule is Cc1cc(C)c(C(=O)O[C@H]2C[C@@H]3CC[C@H]2C3)c(C)c1. The highest BCUT2D eigenvalue weighted by Crippen LogP contribution is 2.46. The summed E-state index contributed by atoms with van der Waals surface area (Å²) in [6.45, 7) is 6.06. The summed E-state index contributed by atoms with van der Waals surface area (Å²) >= 11 is 0. The van der Waals surface area contributed by atoms with Gasteiger partial charge in [0.05, 0.1) is 5.56 Å². The Morgan fingerprint density at radius 2 is 1.79 bits per heavy atom. The van der Waals surface area contributed by atoms with Gasteiger partial charge in [0.15, 0.2) is 0 Å². The molecule has 0 saturated heterocycles. The van der Waals surface area contributed by atoms with Crippen LogP contribution in [0.3, 0.4) is 0 Å². The molecule has 0 N–H and O–H groups in total. The van der Waals surface area contributed by atoms with E-state index in [0.717, 1.165) is 29.0 Å². The van der Waals surface area contributed by atoms with Gasteiger partial charge in [-0.05, 0) is 69.4 Å². The summed E-state index contributed by atoms with van der Waals surface area (Å²) in [7, 11) is 0. The number of rotatable bonds is 2. The van der Waals surface area contributed by atoms with Crippen LogP contribution in [0.15, 0.2) is 12.1 Å². The third-order valence-corrected chi connectivity index (χ3v) is 4.81. The van der Waals surface area contributed by atoms with Crippen molar-refractivity contribution in [3.05, 3.63) is 34.4 Å². The maximum Gasteiger partial charge on any atom is 0.338 e. The van der Waals surface area contributed by atoms with E-state index in [1.165, 1.54) is 24.8 Å². The molecule has 2 aliphatic rings. The lowest BCUT2D eigenvalue weighted by atomic mass is 9.97. The van der Waals surface area contributed by atoms with Crippen LogP contribution in [0.5, 0.6) is 0 Å². The summed E-state index contributed by atoms with van der Waals surface area (Å²) < 4.78 is 5.79. The quantitative estimate of drug-likeness (QED) is 0.751. The summed E-state index contributed by atoms with van der Waals surface area (Å²) in [5.74, 6) is 1.32. The molecule has 0 amide bonds. The highest BCUT2D eigenvalue weighted by Gasteiger charge is 2.41.